The Morgan fingerprint density at radius 3 is 2.00 bits per heavy atom. The molecule has 0 aliphatic heterocycles. The Labute approximate surface area is 163 Å². The van der Waals surface area contributed by atoms with Gasteiger partial charge in [-0.05, 0) is 42.5 Å². The van der Waals surface area contributed by atoms with Crippen molar-refractivity contribution in [2.24, 2.45) is 0 Å². The highest BCUT2D eigenvalue weighted by atomic mass is 16.4. The van der Waals surface area contributed by atoms with Crippen molar-refractivity contribution >= 4 is 33.2 Å². The number of rotatable bonds is 2. The standard InChI is InChI=1S/C23H12N2O4/c26-17-12-21(23-25-16-6-2-4-8-20(16)29-23)27-18-10-9-13(11-14(17)18)22-24-15-5-1-3-7-19(15)28-22/h1-12H. The van der Waals surface area contributed by atoms with Gasteiger partial charge in [0.05, 0.1) is 5.39 Å². The van der Waals surface area contributed by atoms with Crippen LogP contribution in [-0.2, 0) is 0 Å². The van der Waals surface area contributed by atoms with Crippen molar-refractivity contribution in [2.45, 2.75) is 0 Å². The van der Waals surface area contributed by atoms with Crippen molar-refractivity contribution in [1.82, 2.24) is 9.97 Å². The third-order valence-electron chi connectivity index (χ3n) is 4.77. The van der Waals surface area contributed by atoms with Crippen molar-refractivity contribution in [3.63, 3.8) is 0 Å². The molecule has 29 heavy (non-hydrogen) atoms. The Morgan fingerprint density at radius 2 is 1.28 bits per heavy atom. The van der Waals surface area contributed by atoms with E-state index in [-0.39, 0.29) is 17.1 Å². The van der Waals surface area contributed by atoms with Gasteiger partial charge in [0.2, 0.25) is 5.89 Å². The molecule has 6 nitrogen and oxygen atoms in total. The van der Waals surface area contributed by atoms with Gasteiger partial charge in [0.15, 0.2) is 22.4 Å². The van der Waals surface area contributed by atoms with Gasteiger partial charge in [0.1, 0.15) is 16.6 Å². The van der Waals surface area contributed by atoms with E-state index in [0.29, 0.717) is 39.1 Å². The quantitative estimate of drug-likeness (QED) is 0.399. The number of hydrogen-bond acceptors (Lipinski definition) is 6. The SMILES string of the molecule is O=c1cc(-c2nc3ccccc3o2)oc2ccc(-c3nc4ccccc4o3)cc12. The van der Waals surface area contributed by atoms with Crippen molar-refractivity contribution in [2.75, 3.05) is 0 Å². The fraction of sp³-hybridized carbons (Fsp3) is 0. The topological polar surface area (TPSA) is 82.3 Å². The molecular formula is C23H12N2O4. The van der Waals surface area contributed by atoms with E-state index in [1.54, 1.807) is 12.1 Å². The van der Waals surface area contributed by atoms with Crippen LogP contribution in [0.15, 0.2) is 90.8 Å². The first-order valence-electron chi connectivity index (χ1n) is 9.04. The van der Waals surface area contributed by atoms with Gasteiger partial charge >= 0.3 is 0 Å². The Morgan fingerprint density at radius 1 is 0.621 bits per heavy atom. The molecule has 0 aliphatic rings. The summed E-state index contributed by atoms with van der Waals surface area (Å²) in [6, 6.07) is 21.6. The molecule has 138 valence electrons. The van der Waals surface area contributed by atoms with Crippen LogP contribution in [0, 0.1) is 0 Å². The van der Waals surface area contributed by atoms with Crippen LogP contribution in [0.1, 0.15) is 0 Å². The third kappa shape index (κ3) is 2.54. The number of aromatic nitrogens is 2. The molecule has 6 rings (SSSR count). The van der Waals surface area contributed by atoms with E-state index in [1.165, 1.54) is 6.07 Å². The largest absolute Gasteiger partial charge is 0.451 e. The maximum atomic E-state index is 12.8. The van der Waals surface area contributed by atoms with Crippen molar-refractivity contribution < 1.29 is 13.3 Å². The Bertz CT molecular complexity index is 1520. The Hall–Kier alpha value is -4.19. The average Bonchev–Trinajstić information content (AvgIpc) is 3.37. The molecule has 0 radical (unpaired) electrons. The van der Waals surface area contributed by atoms with E-state index in [9.17, 15) is 4.79 Å². The van der Waals surface area contributed by atoms with Gasteiger partial charge in [-0.2, -0.15) is 0 Å². The van der Waals surface area contributed by atoms with Gasteiger partial charge < -0.3 is 13.3 Å². The first-order valence-corrected chi connectivity index (χ1v) is 9.04. The lowest BCUT2D eigenvalue weighted by Gasteiger charge is -2.01. The van der Waals surface area contributed by atoms with E-state index >= 15 is 0 Å². The molecule has 6 heteroatoms. The van der Waals surface area contributed by atoms with E-state index in [4.69, 9.17) is 13.3 Å². The Kier molecular flexibility index (Phi) is 3.22. The maximum absolute atomic E-state index is 12.8. The second kappa shape index (κ2) is 5.90. The van der Waals surface area contributed by atoms with Gasteiger partial charge in [-0.15, -0.1) is 0 Å². The molecule has 0 N–H and O–H groups in total. The van der Waals surface area contributed by atoms with Crippen molar-refractivity contribution in [3.8, 4) is 23.1 Å². The number of hydrogen-bond donors (Lipinski definition) is 0. The van der Waals surface area contributed by atoms with Gasteiger partial charge in [-0.3, -0.25) is 4.79 Å². The van der Waals surface area contributed by atoms with Gasteiger partial charge in [-0.1, -0.05) is 24.3 Å². The van der Waals surface area contributed by atoms with E-state index in [2.05, 4.69) is 9.97 Å². The van der Waals surface area contributed by atoms with Crippen LogP contribution in [0.25, 0.3) is 56.3 Å². The lowest BCUT2D eigenvalue weighted by molar-refractivity contribution is 0.552. The van der Waals surface area contributed by atoms with Crippen LogP contribution < -0.4 is 5.43 Å². The second-order valence-electron chi connectivity index (χ2n) is 6.66. The zero-order valence-corrected chi connectivity index (χ0v) is 15.0. The molecule has 0 atom stereocenters. The van der Waals surface area contributed by atoms with Crippen molar-refractivity contribution in [1.29, 1.82) is 0 Å². The summed E-state index contributed by atoms with van der Waals surface area (Å²) in [5.41, 5.74) is 3.75. The number of nitrogens with zero attached hydrogens (tertiary/aromatic N) is 2. The first kappa shape index (κ1) is 15.8. The smallest absolute Gasteiger partial charge is 0.264 e. The molecule has 0 saturated heterocycles. The summed E-state index contributed by atoms with van der Waals surface area (Å²) in [4.78, 5) is 21.6. The molecule has 0 fully saturated rings. The van der Waals surface area contributed by atoms with Gasteiger partial charge in [0, 0.05) is 11.6 Å². The molecular weight excluding hydrogens is 368 g/mol. The molecule has 3 heterocycles. The molecule has 0 aliphatic carbocycles. The van der Waals surface area contributed by atoms with Crippen LogP contribution in [0.3, 0.4) is 0 Å². The molecule has 3 aromatic carbocycles. The molecule has 0 unspecified atom stereocenters. The summed E-state index contributed by atoms with van der Waals surface area (Å²) in [7, 11) is 0. The van der Waals surface area contributed by atoms with Crippen LogP contribution >= 0.6 is 0 Å². The second-order valence-corrected chi connectivity index (χ2v) is 6.66. The van der Waals surface area contributed by atoms with Crippen LogP contribution in [0.5, 0.6) is 0 Å². The minimum atomic E-state index is -0.193. The molecule has 0 amide bonds. The zero-order valence-electron chi connectivity index (χ0n) is 15.0. The number of fused-ring (bicyclic) bond motifs is 3. The summed E-state index contributed by atoms with van der Waals surface area (Å²) in [6.07, 6.45) is 0. The van der Waals surface area contributed by atoms with Gasteiger partial charge in [0.25, 0.3) is 5.89 Å². The number of oxazole rings is 2. The van der Waals surface area contributed by atoms with Crippen molar-refractivity contribution in [3.05, 3.63) is 83.0 Å². The predicted octanol–water partition coefficient (Wildman–Crippen LogP) is 5.41. The normalized spacial score (nSPS) is 11.6. The van der Waals surface area contributed by atoms with Crippen LogP contribution in [0.4, 0.5) is 0 Å². The molecule has 6 aromatic rings. The summed E-state index contributed by atoms with van der Waals surface area (Å²) in [5.74, 6) is 1.01. The minimum Gasteiger partial charge on any atom is -0.451 e. The average molecular weight is 380 g/mol. The molecule has 3 aromatic heterocycles. The lowest BCUT2D eigenvalue weighted by atomic mass is 10.1. The minimum absolute atomic E-state index is 0.193. The Balaban J connectivity index is 1.49. The summed E-state index contributed by atoms with van der Waals surface area (Å²) in [6.45, 7) is 0. The fourth-order valence-electron chi connectivity index (χ4n) is 3.37. The van der Waals surface area contributed by atoms with Gasteiger partial charge in [-0.25, -0.2) is 9.97 Å². The predicted molar refractivity (Wildman–Crippen MR) is 108 cm³/mol. The number of para-hydroxylation sites is 4. The highest BCUT2D eigenvalue weighted by Crippen LogP contribution is 2.29. The van der Waals surface area contributed by atoms with E-state index in [0.717, 1.165) is 5.52 Å². The third-order valence-corrected chi connectivity index (χ3v) is 4.77. The fourth-order valence-corrected chi connectivity index (χ4v) is 3.37. The highest BCUT2D eigenvalue weighted by Gasteiger charge is 2.15. The molecule has 0 saturated carbocycles. The van der Waals surface area contributed by atoms with Crippen LogP contribution in [-0.4, -0.2) is 9.97 Å². The summed E-state index contributed by atoms with van der Waals surface area (Å²) in [5, 5.41) is 0.435. The zero-order chi connectivity index (χ0) is 19.4. The van der Waals surface area contributed by atoms with Crippen LogP contribution in [0.2, 0.25) is 0 Å². The monoisotopic (exact) mass is 380 g/mol. The first-order chi connectivity index (χ1) is 14.2. The molecule has 0 spiro atoms. The molecule has 0 bridgehead atoms. The van der Waals surface area contributed by atoms with E-state index in [1.807, 2.05) is 54.6 Å². The summed E-state index contributed by atoms with van der Waals surface area (Å²) >= 11 is 0. The lowest BCUT2D eigenvalue weighted by Crippen LogP contribution is -2.00. The number of benzene rings is 3. The summed E-state index contributed by atoms with van der Waals surface area (Å²) < 4.78 is 17.4. The highest BCUT2D eigenvalue weighted by molar-refractivity contribution is 5.84. The van der Waals surface area contributed by atoms with E-state index < -0.39 is 0 Å². The maximum Gasteiger partial charge on any atom is 0.264 e.